The zero-order valence-corrected chi connectivity index (χ0v) is 20.4. The van der Waals surface area contributed by atoms with E-state index in [1.54, 1.807) is 28.8 Å². The smallest absolute Gasteiger partial charge is 0.253 e. The highest BCUT2D eigenvalue weighted by molar-refractivity contribution is 5.94. The lowest BCUT2D eigenvalue weighted by Gasteiger charge is -2.59. The fraction of sp³-hybridized carbons (Fsp3) is 0.464. The monoisotopic (exact) mass is 475 g/mol. The minimum Gasteiger partial charge on any atom is -0.394 e. The van der Waals surface area contributed by atoms with Crippen molar-refractivity contribution in [2.24, 2.45) is 5.92 Å². The van der Waals surface area contributed by atoms with E-state index in [4.69, 9.17) is 0 Å². The van der Waals surface area contributed by atoms with Crippen LogP contribution in [0, 0.1) is 5.92 Å². The third kappa shape index (κ3) is 4.22. The Hall–Kier alpha value is -3.19. The fourth-order valence-corrected chi connectivity index (χ4v) is 6.06. The Kier molecular flexibility index (Phi) is 6.36. The summed E-state index contributed by atoms with van der Waals surface area (Å²) >= 11 is 0. The van der Waals surface area contributed by atoms with Gasteiger partial charge in [-0.15, -0.1) is 0 Å². The van der Waals surface area contributed by atoms with Crippen LogP contribution in [0.1, 0.15) is 47.5 Å². The van der Waals surface area contributed by atoms with Crippen LogP contribution >= 0.6 is 0 Å². The lowest BCUT2D eigenvalue weighted by Crippen LogP contribution is -2.73. The summed E-state index contributed by atoms with van der Waals surface area (Å²) in [5.41, 5.74) is 3.76. The number of piperazine rings is 1. The van der Waals surface area contributed by atoms with Crippen LogP contribution in [0.5, 0.6) is 0 Å². The molecule has 7 nitrogen and oxygen atoms in total. The van der Waals surface area contributed by atoms with Gasteiger partial charge in [0.2, 0.25) is 11.8 Å². The lowest BCUT2D eigenvalue weighted by atomic mass is 9.73. The molecule has 0 spiro atoms. The van der Waals surface area contributed by atoms with Gasteiger partial charge in [-0.3, -0.25) is 14.4 Å². The Morgan fingerprint density at radius 1 is 0.971 bits per heavy atom. The average molecular weight is 476 g/mol. The van der Waals surface area contributed by atoms with Gasteiger partial charge in [0, 0.05) is 38.0 Å². The molecule has 2 aromatic rings. The van der Waals surface area contributed by atoms with Crippen molar-refractivity contribution < 1.29 is 19.5 Å². The molecular formula is C28H33N3O4. The van der Waals surface area contributed by atoms with Crippen molar-refractivity contribution in [3.8, 4) is 11.1 Å². The standard InChI is InChI=1S/C28H33N3O4/c1-29(2)27(34)22-13-9-19(10-14-22)18-7-11-20(12-8-18)26-23-15-30(28(35)21-5-3-4-6-21)16-25(33)31(23)24(26)17-32/h7-14,21,23-24,26,32H,3-6,15-17H2,1-2H3/t23-,24+,26+/m1/s1. The third-order valence-electron chi connectivity index (χ3n) is 7.94. The maximum atomic E-state index is 13.0. The molecule has 184 valence electrons. The van der Waals surface area contributed by atoms with Gasteiger partial charge in [0.1, 0.15) is 0 Å². The molecule has 2 aliphatic heterocycles. The quantitative estimate of drug-likeness (QED) is 0.721. The average Bonchev–Trinajstić information content (AvgIpc) is 3.40. The zero-order chi connectivity index (χ0) is 24.7. The Balaban J connectivity index is 1.33. The molecule has 3 aliphatic rings. The van der Waals surface area contributed by atoms with E-state index in [0.717, 1.165) is 42.4 Å². The maximum Gasteiger partial charge on any atom is 0.253 e. The van der Waals surface area contributed by atoms with Crippen molar-refractivity contribution in [2.75, 3.05) is 33.8 Å². The second kappa shape index (κ2) is 9.46. The zero-order valence-electron chi connectivity index (χ0n) is 20.4. The molecule has 0 bridgehead atoms. The number of amides is 3. The molecule has 3 atom stereocenters. The summed E-state index contributed by atoms with van der Waals surface area (Å²) in [4.78, 5) is 43.1. The van der Waals surface area contributed by atoms with Crippen LogP contribution in [0.15, 0.2) is 48.5 Å². The molecule has 1 aliphatic carbocycles. The molecule has 3 amide bonds. The van der Waals surface area contributed by atoms with Crippen molar-refractivity contribution in [3.05, 3.63) is 59.7 Å². The fourth-order valence-electron chi connectivity index (χ4n) is 6.06. The highest BCUT2D eigenvalue weighted by atomic mass is 16.3. The second-order valence-corrected chi connectivity index (χ2v) is 10.2. The number of rotatable bonds is 5. The summed E-state index contributed by atoms with van der Waals surface area (Å²) in [7, 11) is 3.47. The summed E-state index contributed by atoms with van der Waals surface area (Å²) < 4.78 is 0. The molecular weight excluding hydrogens is 442 g/mol. The molecule has 0 radical (unpaired) electrons. The predicted molar refractivity (Wildman–Crippen MR) is 133 cm³/mol. The first-order chi connectivity index (χ1) is 16.9. The predicted octanol–water partition coefficient (Wildman–Crippen LogP) is 2.74. The van der Waals surface area contributed by atoms with E-state index in [9.17, 15) is 19.5 Å². The Morgan fingerprint density at radius 3 is 2.14 bits per heavy atom. The topological polar surface area (TPSA) is 81.2 Å². The minimum atomic E-state index is -0.251. The van der Waals surface area contributed by atoms with Crippen molar-refractivity contribution in [1.29, 1.82) is 0 Å². The molecule has 3 fully saturated rings. The number of hydrogen-bond donors (Lipinski definition) is 1. The number of carbonyl (C=O) groups is 3. The Labute approximate surface area is 206 Å². The van der Waals surface area contributed by atoms with Gasteiger partial charge >= 0.3 is 0 Å². The summed E-state index contributed by atoms with van der Waals surface area (Å²) in [6.45, 7) is 0.568. The molecule has 2 saturated heterocycles. The first-order valence-corrected chi connectivity index (χ1v) is 12.5. The molecule has 1 saturated carbocycles. The molecule has 35 heavy (non-hydrogen) atoms. The van der Waals surface area contributed by atoms with E-state index < -0.39 is 0 Å². The lowest BCUT2D eigenvalue weighted by molar-refractivity contribution is -0.168. The number of aliphatic hydroxyl groups excluding tert-OH is 1. The Bertz CT molecular complexity index is 1110. The number of hydrogen-bond acceptors (Lipinski definition) is 4. The van der Waals surface area contributed by atoms with Crippen LogP contribution in [-0.4, -0.2) is 83.4 Å². The second-order valence-electron chi connectivity index (χ2n) is 10.2. The first kappa shape index (κ1) is 23.5. The van der Waals surface area contributed by atoms with Crippen LogP contribution in [0.3, 0.4) is 0 Å². The molecule has 2 heterocycles. The maximum absolute atomic E-state index is 13.0. The number of fused-ring (bicyclic) bond motifs is 1. The molecule has 7 heteroatoms. The van der Waals surface area contributed by atoms with Gasteiger partial charge in [-0.05, 0) is 41.7 Å². The SMILES string of the molecule is CN(C)C(=O)c1ccc(-c2ccc([C@H]3[C@H]4CN(C(=O)C5CCCC5)CC(=O)N4[C@H]3CO)cc2)cc1. The van der Waals surface area contributed by atoms with Gasteiger partial charge in [0.15, 0.2) is 0 Å². The third-order valence-corrected chi connectivity index (χ3v) is 7.94. The van der Waals surface area contributed by atoms with Crippen molar-refractivity contribution in [2.45, 2.75) is 43.7 Å². The van der Waals surface area contributed by atoms with Gasteiger partial charge in [-0.25, -0.2) is 0 Å². The summed E-state index contributed by atoms with van der Waals surface area (Å²) in [6, 6.07) is 15.4. The van der Waals surface area contributed by atoms with Gasteiger partial charge < -0.3 is 19.8 Å². The van der Waals surface area contributed by atoms with Crippen molar-refractivity contribution in [1.82, 2.24) is 14.7 Å². The number of benzene rings is 2. The van der Waals surface area contributed by atoms with E-state index >= 15 is 0 Å². The van der Waals surface area contributed by atoms with Gasteiger partial charge in [0.25, 0.3) is 5.91 Å². The van der Waals surface area contributed by atoms with Crippen LogP contribution in [0.2, 0.25) is 0 Å². The van der Waals surface area contributed by atoms with Crippen molar-refractivity contribution in [3.63, 3.8) is 0 Å². The summed E-state index contributed by atoms with van der Waals surface area (Å²) in [5.74, 6) is 0.0801. The Morgan fingerprint density at radius 2 is 1.57 bits per heavy atom. The van der Waals surface area contributed by atoms with E-state index in [-0.39, 0.29) is 54.8 Å². The summed E-state index contributed by atoms with van der Waals surface area (Å²) in [6.07, 6.45) is 4.02. The highest BCUT2D eigenvalue weighted by Gasteiger charge is 2.54. The largest absolute Gasteiger partial charge is 0.394 e. The molecule has 0 aromatic heterocycles. The number of nitrogens with zero attached hydrogens (tertiary/aromatic N) is 3. The van der Waals surface area contributed by atoms with E-state index in [0.29, 0.717) is 12.1 Å². The normalized spacial score (nSPS) is 24.2. The van der Waals surface area contributed by atoms with E-state index in [1.807, 2.05) is 36.4 Å². The number of aliphatic hydroxyl groups is 1. The van der Waals surface area contributed by atoms with Gasteiger partial charge in [-0.1, -0.05) is 49.2 Å². The molecule has 0 unspecified atom stereocenters. The van der Waals surface area contributed by atoms with E-state index in [2.05, 4.69) is 12.1 Å². The van der Waals surface area contributed by atoms with Gasteiger partial charge in [-0.2, -0.15) is 0 Å². The van der Waals surface area contributed by atoms with Crippen LogP contribution in [0.4, 0.5) is 0 Å². The molecule has 5 rings (SSSR count). The number of carbonyl (C=O) groups excluding carboxylic acids is 3. The highest BCUT2D eigenvalue weighted by Crippen LogP contribution is 2.43. The van der Waals surface area contributed by atoms with Crippen LogP contribution in [0.25, 0.3) is 11.1 Å². The van der Waals surface area contributed by atoms with Crippen LogP contribution < -0.4 is 0 Å². The summed E-state index contributed by atoms with van der Waals surface area (Å²) in [5, 5.41) is 10.1. The molecule has 1 N–H and O–H groups in total. The van der Waals surface area contributed by atoms with E-state index in [1.165, 1.54) is 0 Å². The van der Waals surface area contributed by atoms with Crippen LogP contribution in [-0.2, 0) is 9.59 Å². The van der Waals surface area contributed by atoms with Gasteiger partial charge in [0.05, 0.1) is 25.2 Å². The minimum absolute atomic E-state index is 0.00253. The van der Waals surface area contributed by atoms with Crippen molar-refractivity contribution >= 4 is 17.7 Å². The first-order valence-electron chi connectivity index (χ1n) is 12.5. The molecule has 2 aromatic carbocycles.